The zero-order valence-corrected chi connectivity index (χ0v) is 11.7. The number of hydrogen-bond donors (Lipinski definition) is 1. The summed E-state index contributed by atoms with van der Waals surface area (Å²) in [6, 6.07) is 12.4. The smallest absolute Gasteiger partial charge is 0.271 e. The van der Waals surface area contributed by atoms with E-state index >= 15 is 0 Å². The minimum Gasteiger partial charge on any atom is -0.497 e. The second kappa shape index (κ2) is 6.98. The van der Waals surface area contributed by atoms with Gasteiger partial charge in [-0.15, -0.1) is 0 Å². The molecule has 0 radical (unpaired) electrons. The number of nitro groups is 1. The van der Waals surface area contributed by atoms with Gasteiger partial charge >= 0.3 is 0 Å². The molecule has 0 fully saturated rings. The van der Waals surface area contributed by atoms with Crippen molar-refractivity contribution in [3.8, 4) is 5.75 Å². The summed E-state index contributed by atoms with van der Waals surface area (Å²) in [5, 5.41) is 14.3. The minimum atomic E-state index is -0.480. The van der Waals surface area contributed by atoms with Crippen LogP contribution in [0.5, 0.6) is 5.75 Å². The molecule has 0 bridgehead atoms. The van der Waals surface area contributed by atoms with Crippen LogP contribution in [0, 0.1) is 10.1 Å². The molecule has 0 spiro atoms. The van der Waals surface area contributed by atoms with Crippen LogP contribution in [-0.2, 0) is 0 Å². The molecule has 7 nitrogen and oxygen atoms in total. The summed E-state index contributed by atoms with van der Waals surface area (Å²) in [6.45, 7) is 0. The maximum atomic E-state index is 11.8. The maximum Gasteiger partial charge on any atom is 0.271 e. The van der Waals surface area contributed by atoms with Crippen LogP contribution in [0.15, 0.2) is 53.6 Å². The first kappa shape index (κ1) is 15.2. The number of ether oxygens (including phenoxy) is 1. The molecule has 2 aromatic rings. The third-order valence-corrected chi connectivity index (χ3v) is 2.84. The largest absolute Gasteiger partial charge is 0.497 e. The summed E-state index contributed by atoms with van der Waals surface area (Å²) in [5.74, 6) is 0.298. The molecule has 112 valence electrons. The summed E-state index contributed by atoms with van der Waals surface area (Å²) >= 11 is 0. The number of nitrogens with one attached hydrogen (secondary N) is 1. The lowest BCUT2D eigenvalue weighted by atomic mass is 10.2. The van der Waals surface area contributed by atoms with Gasteiger partial charge in [-0.25, -0.2) is 5.43 Å². The van der Waals surface area contributed by atoms with E-state index in [0.717, 1.165) is 0 Å². The number of benzene rings is 2. The monoisotopic (exact) mass is 299 g/mol. The lowest BCUT2D eigenvalue weighted by Gasteiger charge is -2.02. The van der Waals surface area contributed by atoms with Crippen molar-refractivity contribution >= 4 is 17.8 Å². The molecule has 0 atom stereocenters. The van der Waals surface area contributed by atoms with Crippen molar-refractivity contribution in [1.82, 2.24) is 5.43 Å². The Morgan fingerprint density at radius 2 is 1.82 bits per heavy atom. The zero-order chi connectivity index (χ0) is 15.9. The first-order chi connectivity index (χ1) is 10.6. The first-order valence-corrected chi connectivity index (χ1v) is 6.32. The fourth-order valence-electron chi connectivity index (χ4n) is 1.65. The van der Waals surface area contributed by atoms with E-state index in [1.807, 2.05) is 0 Å². The van der Waals surface area contributed by atoms with Gasteiger partial charge in [0.2, 0.25) is 0 Å². The zero-order valence-electron chi connectivity index (χ0n) is 11.7. The molecule has 1 amide bonds. The summed E-state index contributed by atoms with van der Waals surface area (Å²) in [7, 11) is 1.55. The van der Waals surface area contributed by atoms with Gasteiger partial charge in [-0.2, -0.15) is 5.10 Å². The normalized spacial score (nSPS) is 10.4. The number of hydrogen-bond acceptors (Lipinski definition) is 5. The van der Waals surface area contributed by atoms with Crippen LogP contribution in [-0.4, -0.2) is 24.2 Å². The van der Waals surface area contributed by atoms with E-state index in [9.17, 15) is 14.9 Å². The van der Waals surface area contributed by atoms with Crippen molar-refractivity contribution in [3.63, 3.8) is 0 Å². The highest BCUT2D eigenvalue weighted by Gasteiger charge is 2.04. The Labute approximate surface area is 126 Å². The van der Waals surface area contributed by atoms with Crippen molar-refractivity contribution in [2.24, 2.45) is 5.10 Å². The van der Waals surface area contributed by atoms with Gasteiger partial charge < -0.3 is 4.74 Å². The van der Waals surface area contributed by atoms with Crippen LogP contribution in [0.3, 0.4) is 0 Å². The quantitative estimate of drug-likeness (QED) is 0.521. The number of non-ortho nitro benzene ring substituents is 1. The highest BCUT2D eigenvalue weighted by atomic mass is 16.6. The number of carbonyl (C=O) groups is 1. The van der Waals surface area contributed by atoms with E-state index in [2.05, 4.69) is 10.5 Å². The van der Waals surface area contributed by atoms with Gasteiger partial charge in [0.25, 0.3) is 11.6 Å². The van der Waals surface area contributed by atoms with Crippen LogP contribution in [0.2, 0.25) is 0 Å². The fraction of sp³-hybridized carbons (Fsp3) is 0.0667. The van der Waals surface area contributed by atoms with E-state index in [0.29, 0.717) is 16.9 Å². The Morgan fingerprint density at radius 3 is 2.36 bits per heavy atom. The molecule has 0 aromatic heterocycles. The number of amides is 1. The summed E-state index contributed by atoms with van der Waals surface area (Å²) in [6.07, 6.45) is 1.41. The van der Waals surface area contributed by atoms with Gasteiger partial charge in [-0.3, -0.25) is 14.9 Å². The fourth-order valence-corrected chi connectivity index (χ4v) is 1.65. The van der Waals surface area contributed by atoms with Gasteiger partial charge in [-0.1, -0.05) is 0 Å². The van der Waals surface area contributed by atoms with Gasteiger partial charge in [-0.05, 0) is 42.0 Å². The van der Waals surface area contributed by atoms with E-state index in [1.54, 1.807) is 43.5 Å². The van der Waals surface area contributed by atoms with Crippen LogP contribution in [0.1, 0.15) is 15.9 Å². The van der Waals surface area contributed by atoms with Gasteiger partial charge in [0.1, 0.15) is 5.75 Å². The molecule has 0 saturated heterocycles. The van der Waals surface area contributed by atoms with E-state index in [4.69, 9.17) is 4.74 Å². The molecular formula is C15H13N3O4. The van der Waals surface area contributed by atoms with Crippen LogP contribution < -0.4 is 10.2 Å². The lowest BCUT2D eigenvalue weighted by Crippen LogP contribution is -2.17. The predicted octanol–water partition coefficient (Wildman–Crippen LogP) is 2.37. The van der Waals surface area contributed by atoms with Crippen LogP contribution in [0.25, 0.3) is 0 Å². The molecule has 2 rings (SSSR count). The second-order valence-electron chi connectivity index (χ2n) is 4.28. The first-order valence-electron chi connectivity index (χ1n) is 6.32. The summed E-state index contributed by atoms with van der Waals surface area (Å²) < 4.78 is 5.01. The van der Waals surface area contributed by atoms with Crippen molar-refractivity contribution in [3.05, 3.63) is 69.8 Å². The average Bonchev–Trinajstić information content (AvgIpc) is 2.55. The number of carbonyl (C=O) groups excluding carboxylic acids is 1. The molecule has 0 aliphatic rings. The van der Waals surface area contributed by atoms with Crippen molar-refractivity contribution < 1.29 is 14.5 Å². The molecule has 0 saturated carbocycles. The van der Waals surface area contributed by atoms with Crippen molar-refractivity contribution in [1.29, 1.82) is 0 Å². The Kier molecular flexibility index (Phi) is 4.81. The third-order valence-electron chi connectivity index (χ3n) is 2.84. The highest BCUT2D eigenvalue weighted by molar-refractivity contribution is 5.95. The van der Waals surface area contributed by atoms with Crippen molar-refractivity contribution in [2.45, 2.75) is 0 Å². The number of methoxy groups -OCH3 is 1. The number of nitro benzene ring substituents is 1. The van der Waals surface area contributed by atoms with Gasteiger partial charge in [0.15, 0.2) is 0 Å². The SMILES string of the molecule is COc1ccc(C(=O)N/N=C\c2ccc([N+](=O)[O-])cc2)cc1. The topological polar surface area (TPSA) is 93.8 Å². The lowest BCUT2D eigenvalue weighted by molar-refractivity contribution is -0.384. The van der Waals surface area contributed by atoms with E-state index in [-0.39, 0.29) is 11.6 Å². The predicted molar refractivity (Wildman–Crippen MR) is 81.2 cm³/mol. The third kappa shape index (κ3) is 3.89. The van der Waals surface area contributed by atoms with Crippen molar-refractivity contribution in [2.75, 3.05) is 7.11 Å². The average molecular weight is 299 g/mol. The molecule has 0 unspecified atom stereocenters. The Bertz CT molecular complexity index is 694. The molecule has 0 aliphatic heterocycles. The van der Waals surface area contributed by atoms with Gasteiger partial charge in [0, 0.05) is 17.7 Å². The molecule has 22 heavy (non-hydrogen) atoms. The highest BCUT2D eigenvalue weighted by Crippen LogP contribution is 2.11. The Balaban J connectivity index is 1.96. The molecule has 7 heteroatoms. The molecule has 1 N–H and O–H groups in total. The molecule has 2 aromatic carbocycles. The number of hydrazone groups is 1. The van der Waals surface area contributed by atoms with Crippen LogP contribution in [0.4, 0.5) is 5.69 Å². The van der Waals surface area contributed by atoms with Gasteiger partial charge in [0.05, 0.1) is 18.2 Å². The summed E-state index contributed by atoms with van der Waals surface area (Å²) in [5.41, 5.74) is 3.46. The number of rotatable bonds is 5. The summed E-state index contributed by atoms with van der Waals surface area (Å²) in [4.78, 5) is 21.9. The number of nitrogens with zero attached hydrogens (tertiary/aromatic N) is 2. The Hall–Kier alpha value is -3.22. The molecule has 0 aliphatic carbocycles. The van der Waals surface area contributed by atoms with E-state index < -0.39 is 4.92 Å². The van der Waals surface area contributed by atoms with Crippen LogP contribution >= 0.6 is 0 Å². The molecule has 0 heterocycles. The molecular weight excluding hydrogens is 286 g/mol. The maximum absolute atomic E-state index is 11.8. The Morgan fingerprint density at radius 1 is 1.18 bits per heavy atom. The van der Waals surface area contributed by atoms with E-state index in [1.165, 1.54) is 18.3 Å². The standard InChI is InChI=1S/C15H13N3O4/c1-22-14-8-4-12(5-9-14)15(19)17-16-10-11-2-6-13(7-3-11)18(20)21/h2-10H,1H3,(H,17,19)/b16-10-. The minimum absolute atomic E-state index is 0.000539. The second-order valence-corrected chi connectivity index (χ2v) is 4.28.